The van der Waals surface area contributed by atoms with Gasteiger partial charge in [0.25, 0.3) is 0 Å². The Hall–Kier alpha value is -2.57. The molecule has 2 heterocycles. The molecular weight excluding hydrogens is 370 g/mol. The monoisotopic (exact) mass is 401 g/mol. The van der Waals surface area contributed by atoms with Gasteiger partial charge in [-0.2, -0.15) is 0 Å². The van der Waals surface area contributed by atoms with Crippen LogP contribution in [0.4, 0.5) is 4.79 Å². The molecule has 0 bridgehead atoms. The maximum atomic E-state index is 11.8. The van der Waals surface area contributed by atoms with Crippen molar-refractivity contribution in [3.8, 4) is 17.2 Å². The van der Waals surface area contributed by atoms with Gasteiger partial charge in [-0.1, -0.05) is 24.9 Å². The lowest BCUT2D eigenvalue weighted by Gasteiger charge is -2.23. The highest BCUT2D eigenvalue weighted by molar-refractivity contribution is 5.68. The number of ether oxygens (including phenoxy) is 2. The van der Waals surface area contributed by atoms with Crippen molar-refractivity contribution in [2.75, 3.05) is 6.61 Å². The number of carbonyl (C=O) groups excluding carboxylic acids is 1. The average Bonchev–Trinajstić information content (AvgIpc) is 3.09. The van der Waals surface area contributed by atoms with Crippen molar-refractivity contribution in [3.05, 3.63) is 29.1 Å². The topological polar surface area (TPSA) is 86.5 Å². The molecule has 2 aromatic rings. The van der Waals surface area contributed by atoms with Crippen molar-refractivity contribution in [1.82, 2.24) is 15.5 Å². The van der Waals surface area contributed by atoms with E-state index in [1.54, 1.807) is 0 Å². The van der Waals surface area contributed by atoms with E-state index in [9.17, 15) is 4.79 Å². The number of aromatic nitrogens is 2. The quantitative estimate of drug-likeness (QED) is 0.620. The predicted octanol–water partition coefficient (Wildman–Crippen LogP) is 5.09. The number of alkyl carbamates (subject to hydrolysis) is 1. The van der Waals surface area contributed by atoms with Gasteiger partial charge in [-0.15, -0.1) is 0 Å². The summed E-state index contributed by atoms with van der Waals surface area (Å²) in [5.74, 6) is 1.37. The Morgan fingerprint density at radius 2 is 2.00 bits per heavy atom. The molecule has 3 rings (SSSR count). The average molecular weight is 402 g/mol. The zero-order chi connectivity index (χ0) is 20.6. The lowest BCUT2D eigenvalue weighted by atomic mass is 9.98. The third-order valence-electron chi connectivity index (χ3n) is 5.24. The fraction of sp³-hybridized carbons (Fsp3) is 0.591. The van der Waals surface area contributed by atoms with Gasteiger partial charge in [-0.3, -0.25) is 0 Å². The van der Waals surface area contributed by atoms with E-state index in [-0.39, 0.29) is 12.6 Å². The van der Waals surface area contributed by atoms with Crippen LogP contribution in [0.1, 0.15) is 68.8 Å². The third-order valence-corrected chi connectivity index (χ3v) is 5.24. The Bertz CT molecular complexity index is 812. The van der Waals surface area contributed by atoms with Crippen LogP contribution in [0.3, 0.4) is 0 Å². The lowest BCUT2D eigenvalue weighted by molar-refractivity contribution is 0.144. The van der Waals surface area contributed by atoms with Crippen molar-refractivity contribution in [1.29, 1.82) is 0 Å². The second kappa shape index (κ2) is 10.3. The Morgan fingerprint density at radius 3 is 2.72 bits per heavy atom. The molecule has 0 spiro atoms. The first-order chi connectivity index (χ1) is 14.1. The summed E-state index contributed by atoms with van der Waals surface area (Å²) in [6.07, 6.45) is 7.62. The lowest BCUT2D eigenvalue weighted by Crippen LogP contribution is -2.24. The summed E-state index contributed by atoms with van der Waals surface area (Å²) < 4.78 is 16.8. The number of aryl methyl sites for hydroxylation is 2. The first kappa shape index (κ1) is 21.1. The maximum absolute atomic E-state index is 11.8. The molecule has 0 aliphatic heterocycles. The van der Waals surface area contributed by atoms with Crippen LogP contribution < -0.4 is 10.1 Å². The van der Waals surface area contributed by atoms with Gasteiger partial charge >= 0.3 is 6.09 Å². The van der Waals surface area contributed by atoms with Crippen LogP contribution in [0.15, 0.2) is 16.7 Å². The summed E-state index contributed by atoms with van der Waals surface area (Å²) in [5.41, 5.74) is 3.01. The number of nitrogens with one attached hydrogen (secondary N) is 1. The highest BCUT2D eigenvalue weighted by atomic mass is 16.5. The van der Waals surface area contributed by atoms with Crippen LogP contribution in [0.5, 0.6) is 5.75 Å². The summed E-state index contributed by atoms with van der Waals surface area (Å²) in [5, 5.41) is 6.82. The largest absolute Gasteiger partial charge is 0.489 e. The van der Waals surface area contributed by atoms with Gasteiger partial charge in [0.2, 0.25) is 0 Å². The standard InChI is InChI=1S/C22H31N3O4/c1-4-5-13-27-22(26)23-14-18-15(2)25-29-21(18)19-11-12-20(16(3)24-19)28-17-9-7-6-8-10-17/h11-12,17H,4-10,13-14H2,1-3H3,(H,23,26). The number of carbonyl (C=O) groups is 1. The molecule has 7 heteroatoms. The van der Waals surface area contributed by atoms with E-state index in [1.165, 1.54) is 19.3 Å². The van der Waals surface area contributed by atoms with Crippen LogP contribution in [-0.4, -0.2) is 28.9 Å². The summed E-state index contributed by atoms with van der Waals surface area (Å²) >= 11 is 0. The molecule has 2 aromatic heterocycles. The van der Waals surface area contributed by atoms with E-state index in [2.05, 4.69) is 22.4 Å². The molecule has 0 radical (unpaired) electrons. The van der Waals surface area contributed by atoms with Crippen molar-refractivity contribution in [3.63, 3.8) is 0 Å². The second-order valence-electron chi connectivity index (χ2n) is 7.58. The molecule has 1 amide bonds. The van der Waals surface area contributed by atoms with E-state index in [1.807, 2.05) is 26.0 Å². The molecule has 7 nitrogen and oxygen atoms in total. The molecule has 1 aliphatic rings. The van der Waals surface area contributed by atoms with Gasteiger partial charge in [0.05, 0.1) is 30.6 Å². The Balaban J connectivity index is 1.67. The Labute approximate surface area is 172 Å². The molecule has 158 valence electrons. The highest BCUT2D eigenvalue weighted by Crippen LogP contribution is 2.29. The van der Waals surface area contributed by atoms with Gasteiger partial charge in [0.1, 0.15) is 11.4 Å². The Morgan fingerprint density at radius 1 is 1.21 bits per heavy atom. The van der Waals surface area contributed by atoms with Crippen LogP contribution in [-0.2, 0) is 11.3 Å². The fourth-order valence-electron chi connectivity index (χ4n) is 3.48. The minimum atomic E-state index is -0.439. The van der Waals surface area contributed by atoms with E-state index < -0.39 is 6.09 Å². The minimum absolute atomic E-state index is 0.274. The van der Waals surface area contributed by atoms with Crippen molar-refractivity contribution in [2.24, 2.45) is 0 Å². The second-order valence-corrected chi connectivity index (χ2v) is 7.58. The summed E-state index contributed by atoms with van der Waals surface area (Å²) in [6.45, 7) is 6.53. The number of amides is 1. The summed E-state index contributed by atoms with van der Waals surface area (Å²) in [6, 6.07) is 3.83. The molecule has 29 heavy (non-hydrogen) atoms. The maximum Gasteiger partial charge on any atom is 0.407 e. The molecular formula is C22H31N3O4. The van der Waals surface area contributed by atoms with Gasteiger partial charge in [-0.05, 0) is 58.1 Å². The number of unbranched alkanes of at least 4 members (excludes halogenated alkanes) is 1. The molecule has 1 fully saturated rings. The zero-order valence-corrected chi connectivity index (χ0v) is 17.6. The molecule has 1 aliphatic carbocycles. The first-order valence-electron chi connectivity index (χ1n) is 10.6. The van der Waals surface area contributed by atoms with E-state index in [0.717, 1.165) is 48.4 Å². The summed E-state index contributed by atoms with van der Waals surface area (Å²) in [7, 11) is 0. The Kier molecular flexibility index (Phi) is 7.49. The van der Waals surface area contributed by atoms with Crippen LogP contribution >= 0.6 is 0 Å². The van der Waals surface area contributed by atoms with E-state index in [4.69, 9.17) is 14.0 Å². The van der Waals surface area contributed by atoms with Crippen molar-refractivity contribution in [2.45, 2.75) is 78.4 Å². The normalized spacial score (nSPS) is 14.6. The number of nitrogens with zero attached hydrogens (tertiary/aromatic N) is 2. The number of rotatable bonds is 8. The summed E-state index contributed by atoms with van der Waals surface area (Å²) in [4.78, 5) is 16.5. The smallest absolute Gasteiger partial charge is 0.407 e. The molecule has 0 aromatic carbocycles. The van der Waals surface area contributed by atoms with Gasteiger partial charge < -0.3 is 19.3 Å². The zero-order valence-electron chi connectivity index (χ0n) is 17.6. The molecule has 0 atom stereocenters. The van der Waals surface area contributed by atoms with Crippen LogP contribution in [0.25, 0.3) is 11.5 Å². The van der Waals surface area contributed by atoms with Crippen molar-refractivity contribution >= 4 is 6.09 Å². The predicted molar refractivity (Wildman–Crippen MR) is 110 cm³/mol. The minimum Gasteiger partial charge on any atom is -0.489 e. The highest BCUT2D eigenvalue weighted by Gasteiger charge is 2.20. The molecule has 1 N–H and O–H groups in total. The molecule has 0 saturated heterocycles. The van der Waals surface area contributed by atoms with Gasteiger partial charge in [0.15, 0.2) is 5.76 Å². The van der Waals surface area contributed by atoms with Gasteiger partial charge in [0, 0.05) is 5.56 Å². The van der Waals surface area contributed by atoms with E-state index in [0.29, 0.717) is 18.1 Å². The van der Waals surface area contributed by atoms with Crippen LogP contribution in [0.2, 0.25) is 0 Å². The van der Waals surface area contributed by atoms with E-state index >= 15 is 0 Å². The fourth-order valence-corrected chi connectivity index (χ4v) is 3.48. The van der Waals surface area contributed by atoms with Crippen LogP contribution in [0, 0.1) is 13.8 Å². The SMILES string of the molecule is CCCCOC(=O)NCc1c(C)noc1-c1ccc(OC2CCCCC2)c(C)n1. The van der Waals surface area contributed by atoms with Crippen molar-refractivity contribution < 1.29 is 18.8 Å². The number of hydrogen-bond donors (Lipinski definition) is 1. The number of pyridine rings is 1. The number of hydrogen-bond acceptors (Lipinski definition) is 6. The third kappa shape index (κ3) is 5.71. The molecule has 0 unspecified atom stereocenters. The first-order valence-corrected chi connectivity index (χ1v) is 10.6. The van der Waals surface area contributed by atoms with Gasteiger partial charge in [-0.25, -0.2) is 9.78 Å². The molecule has 1 saturated carbocycles.